The third kappa shape index (κ3) is 3.76. The molecule has 0 bridgehead atoms. The molecule has 2 N–H and O–H groups in total. The van der Waals surface area contributed by atoms with Crippen LogP contribution in [0, 0.1) is 5.92 Å². The maximum absolute atomic E-state index is 6.23. The molecule has 1 rings (SSSR count). The van der Waals surface area contributed by atoms with Gasteiger partial charge < -0.3 is 10.6 Å². The Morgan fingerprint density at radius 1 is 1.33 bits per heavy atom. The molecule has 2 nitrogen and oxygen atoms in total. The third-order valence-corrected chi connectivity index (χ3v) is 3.87. The van der Waals surface area contributed by atoms with Crippen molar-refractivity contribution in [3.05, 3.63) is 0 Å². The monoisotopic (exact) mass is 212 g/mol. The van der Waals surface area contributed by atoms with Crippen molar-refractivity contribution in [1.29, 1.82) is 0 Å². The van der Waals surface area contributed by atoms with Crippen LogP contribution in [0.1, 0.15) is 52.4 Å². The van der Waals surface area contributed by atoms with Crippen LogP contribution in [0.15, 0.2) is 0 Å². The average Bonchev–Trinajstić information content (AvgIpc) is 2.13. The first kappa shape index (κ1) is 13.0. The Kier molecular flexibility index (Phi) is 5.62. The van der Waals surface area contributed by atoms with Gasteiger partial charge in [0, 0.05) is 18.6 Å². The van der Waals surface area contributed by atoms with Crippen molar-refractivity contribution < 1.29 is 0 Å². The van der Waals surface area contributed by atoms with Crippen LogP contribution in [0.5, 0.6) is 0 Å². The quantitative estimate of drug-likeness (QED) is 0.703. The molecule has 0 aromatic heterocycles. The van der Waals surface area contributed by atoms with Crippen LogP contribution in [0.2, 0.25) is 0 Å². The third-order valence-electron chi connectivity index (χ3n) is 3.87. The fourth-order valence-corrected chi connectivity index (χ4v) is 2.69. The zero-order valence-corrected chi connectivity index (χ0v) is 10.7. The van der Waals surface area contributed by atoms with E-state index in [0.717, 1.165) is 12.3 Å². The molecule has 0 amide bonds. The van der Waals surface area contributed by atoms with Crippen LogP contribution in [-0.4, -0.2) is 30.6 Å². The van der Waals surface area contributed by atoms with E-state index in [1.165, 1.54) is 38.6 Å². The number of hydrogen-bond acceptors (Lipinski definition) is 2. The summed E-state index contributed by atoms with van der Waals surface area (Å²) in [4.78, 5) is 2.50. The molecule has 1 aliphatic carbocycles. The normalized spacial score (nSPS) is 21.4. The standard InChI is InChI=1S/C13H28N2/c1-4-7-12(14)13(5-2)15(3)10-11-8-6-9-11/h11-13H,4-10,14H2,1-3H3. The summed E-state index contributed by atoms with van der Waals surface area (Å²) in [5, 5.41) is 0. The largest absolute Gasteiger partial charge is 0.326 e. The van der Waals surface area contributed by atoms with E-state index in [-0.39, 0.29) is 0 Å². The lowest BCUT2D eigenvalue weighted by atomic mass is 9.84. The number of likely N-dealkylation sites (N-methyl/N-ethyl adjacent to an activating group) is 1. The van der Waals surface area contributed by atoms with Crippen LogP contribution in [-0.2, 0) is 0 Å². The van der Waals surface area contributed by atoms with Crippen LogP contribution < -0.4 is 5.73 Å². The molecule has 2 heteroatoms. The Morgan fingerprint density at radius 3 is 2.40 bits per heavy atom. The molecule has 0 heterocycles. The average molecular weight is 212 g/mol. The molecule has 0 radical (unpaired) electrons. The van der Waals surface area contributed by atoms with E-state index in [9.17, 15) is 0 Å². The molecule has 15 heavy (non-hydrogen) atoms. The van der Waals surface area contributed by atoms with Gasteiger partial charge in [0.05, 0.1) is 0 Å². The zero-order valence-electron chi connectivity index (χ0n) is 10.7. The minimum atomic E-state index is 0.366. The number of nitrogens with two attached hydrogens (primary N) is 1. The Balaban J connectivity index is 2.33. The zero-order chi connectivity index (χ0) is 11.3. The molecule has 0 aromatic rings. The van der Waals surface area contributed by atoms with Gasteiger partial charge in [-0.25, -0.2) is 0 Å². The Hall–Kier alpha value is -0.0800. The van der Waals surface area contributed by atoms with Gasteiger partial charge in [-0.1, -0.05) is 26.7 Å². The van der Waals surface area contributed by atoms with Crippen LogP contribution in [0.4, 0.5) is 0 Å². The first-order valence-corrected chi connectivity index (χ1v) is 6.64. The van der Waals surface area contributed by atoms with Gasteiger partial charge in [-0.3, -0.25) is 0 Å². The molecule has 1 aliphatic rings. The van der Waals surface area contributed by atoms with E-state index in [0.29, 0.717) is 12.1 Å². The highest BCUT2D eigenvalue weighted by Crippen LogP contribution is 2.27. The van der Waals surface area contributed by atoms with Gasteiger partial charge in [-0.15, -0.1) is 0 Å². The van der Waals surface area contributed by atoms with E-state index < -0.39 is 0 Å². The minimum Gasteiger partial charge on any atom is -0.326 e. The van der Waals surface area contributed by atoms with E-state index >= 15 is 0 Å². The van der Waals surface area contributed by atoms with E-state index in [1.54, 1.807) is 0 Å². The maximum Gasteiger partial charge on any atom is 0.0241 e. The van der Waals surface area contributed by atoms with Crippen LogP contribution >= 0.6 is 0 Å². The topological polar surface area (TPSA) is 29.3 Å². The summed E-state index contributed by atoms with van der Waals surface area (Å²) in [5.41, 5.74) is 6.23. The Bertz CT molecular complexity index is 166. The van der Waals surface area contributed by atoms with Crippen LogP contribution in [0.25, 0.3) is 0 Å². The molecule has 1 saturated carbocycles. The molecule has 0 aromatic carbocycles. The van der Waals surface area contributed by atoms with E-state index in [4.69, 9.17) is 5.73 Å². The van der Waals surface area contributed by atoms with Crippen molar-refractivity contribution in [1.82, 2.24) is 4.90 Å². The minimum absolute atomic E-state index is 0.366. The summed E-state index contributed by atoms with van der Waals surface area (Å²) in [6, 6.07) is 0.954. The smallest absolute Gasteiger partial charge is 0.0241 e. The predicted octanol–water partition coefficient (Wildman–Crippen LogP) is 2.62. The number of nitrogens with zero attached hydrogens (tertiary/aromatic N) is 1. The first-order chi connectivity index (χ1) is 7.19. The second kappa shape index (κ2) is 6.49. The van der Waals surface area contributed by atoms with Gasteiger partial charge in [0.1, 0.15) is 0 Å². The fraction of sp³-hybridized carbons (Fsp3) is 1.00. The molecule has 0 saturated heterocycles. The summed E-state index contributed by atoms with van der Waals surface area (Å²) in [6.45, 7) is 5.74. The molecular weight excluding hydrogens is 184 g/mol. The second-order valence-electron chi connectivity index (χ2n) is 5.16. The van der Waals surface area contributed by atoms with Crippen molar-refractivity contribution in [3.63, 3.8) is 0 Å². The molecule has 0 spiro atoms. The van der Waals surface area contributed by atoms with Crippen molar-refractivity contribution in [2.75, 3.05) is 13.6 Å². The summed E-state index contributed by atoms with van der Waals surface area (Å²) in [6.07, 6.45) is 7.86. The number of hydrogen-bond donors (Lipinski definition) is 1. The molecular formula is C13H28N2. The Morgan fingerprint density at radius 2 is 2.00 bits per heavy atom. The predicted molar refractivity (Wildman–Crippen MR) is 66.9 cm³/mol. The highest BCUT2D eigenvalue weighted by atomic mass is 15.1. The summed E-state index contributed by atoms with van der Waals surface area (Å²) < 4.78 is 0. The van der Waals surface area contributed by atoms with Crippen molar-refractivity contribution in [2.24, 2.45) is 11.7 Å². The summed E-state index contributed by atoms with van der Waals surface area (Å²) in [5.74, 6) is 0.956. The second-order valence-corrected chi connectivity index (χ2v) is 5.16. The lowest BCUT2D eigenvalue weighted by Gasteiger charge is -2.37. The molecule has 2 atom stereocenters. The highest BCUT2D eigenvalue weighted by molar-refractivity contribution is 4.82. The van der Waals surface area contributed by atoms with Gasteiger partial charge in [-0.05, 0) is 38.6 Å². The van der Waals surface area contributed by atoms with Gasteiger partial charge in [0.15, 0.2) is 0 Å². The van der Waals surface area contributed by atoms with Crippen molar-refractivity contribution in [2.45, 2.75) is 64.5 Å². The molecule has 0 aliphatic heterocycles. The summed E-state index contributed by atoms with van der Waals surface area (Å²) in [7, 11) is 2.25. The van der Waals surface area contributed by atoms with Gasteiger partial charge >= 0.3 is 0 Å². The number of rotatable bonds is 7. The van der Waals surface area contributed by atoms with Crippen molar-refractivity contribution in [3.8, 4) is 0 Å². The lowest BCUT2D eigenvalue weighted by Crippen LogP contribution is -2.47. The van der Waals surface area contributed by atoms with Gasteiger partial charge in [0.25, 0.3) is 0 Å². The van der Waals surface area contributed by atoms with Gasteiger partial charge in [-0.2, -0.15) is 0 Å². The summed E-state index contributed by atoms with van der Waals surface area (Å²) >= 11 is 0. The molecule has 2 unspecified atom stereocenters. The van der Waals surface area contributed by atoms with E-state index in [2.05, 4.69) is 25.8 Å². The SMILES string of the molecule is CCCC(N)C(CC)N(C)CC1CCC1. The molecule has 90 valence electrons. The first-order valence-electron chi connectivity index (χ1n) is 6.64. The highest BCUT2D eigenvalue weighted by Gasteiger charge is 2.25. The van der Waals surface area contributed by atoms with Crippen LogP contribution in [0.3, 0.4) is 0 Å². The fourth-order valence-electron chi connectivity index (χ4n) is 2.69. The van der Waals surface area contributed by atoms with E-state index in [1.807, 2.05) is 0 Å². The van der Waals surface area contributed by atoms with Crippen molar-refractivity contribution >= 4 is 0 Å². The lowest BCUT2D eigenvalue weighted by molar-refractivity contribution is 0.139. The van der Waals surface area contributed by atoms with Gasteiger partial charge in [0.2, 0.25) is 0 Å². The Labute approximate surface area is 95.2 Å². The maximum atomic E-state index is 6.23. The molecule has 1 fully saturated rings.